The minimum absolute atomic E-state index is 0.0694. The summed E-state index contributed by atoms with van der Waals surface area (Å²) >= 11 is 5.72. The molecule has 102 valence electrons. The quantitative estimate of drug-likeness (QED) is 0.891. The van der Waals surface area contributed by atoms with Gasteiger partial charge in [0.25, 0.3) is 5.91 Å². The van der Waals surface area contributed by atoms with E-state index in [-0.39, 0.29) is 29.7 Å². The Hall–Kier alpha value is -1.75. The van der Waals surface area contributed by atoms with Gasteiger partial charge in [-0.2, -0.15) is 0 Å². The molecule has 0 aromatic heterocycles. The molecule has 1 heterocycles. The van der Waals surface area contributed by atoms with Gasteiger partial charge in [-0.05, 0) is 31.0 Å². The molecule has 1 saturated heterocycles. The molecule has 19 heavy (non-hydrogen) atoms. The number of rotatable bonds is 3. The number of hydrogen-bond acceptors (Lipinski definition) is 3. The summed E-state index contributed by atoms with van der Waals surface area (Å²) in [5.41, 5.74) is 0.154. The van der Waals surface area contributed by atoms with Gasteiger partial charge in [-0.15, -0.1) is 0 Å². The van der Waals surface area contributed by atoms with E-state index in [0.717, 1.165) is 6.42 Å². The Balaban J connectivity index is 2.20. The van der Waals surface area contributed by atoms with Gasteiger partial charge in [0.15, 0.2) is 0 Å². The van der Waals surface area contributed by atoms with Crippen molar-refractivity contribution >= 4 is 23.5 Å². The summed E-state index contributed by atoms with van der Waals surface area (Å²) in [7, 11) is 0. The molecule has 0 radical (unpaired) electrons. The normalized spacial score (nSPS) is 18.6. The SMILES string of the molecule is O=C(O)CC1CCCN1C(=O)c1ccc(Cl)cc1O. The van der Waals surface area contributed by atoms with Gasteiger partial charge >= 0.3 is 5.97 Å². The molecule has 5 nitrogen and oxygen atoms in total. The summed E-state index contributed by atoms with van der Waals surface area (Å²) in [4.78, 5) is 24.6. The standard InChI is InChI=1S/C13H14ClNO4/c14-8-3-4-10(11(16)6-8)13(19)15-5-1-2-9(15)7-12(17)18/h3-4,6,9,16H,1-2,5,7H2,(H,17,18). The molecule has 1 aliphatic heterocycles. The van der Waals surface area contributed by atoms with Crippen LogP contribution in [0.2, 0.25) is 5.02 Å². The molecule has 1 atom stereocenters. The zero-order valence-corrected chi connectivity index (χ0v) is 10.9. The maximum absolute atomic E-state index is 12.3. The lowest BCUT2D eigenvalue weighted by atomic mass is 10.1. The predicted molar refractivity (Wildman–Crippen MR) is 69.4 cm³/mol. The van der Waals surface area contributed by atoms with Gasteiger partial charge in [-0.25, -0.2) is 0 Å². The lowest BCUT2D eigenvalue weighted by Gasteiger charge is -2.23. The molecule has 0 aliphatic carbocycles. The first-order valence-electron chi connectivity index (χ1n) is 6.00. The van der Waals surface area contributed by atoms with Crippen molar-refractivity contribution in [3.63, 3.8) is 0 Å². The Bertz CT molecular complexity index is 517. The molecule has 2 rings (SSSR count). The van der Waals surface area contributed by atoms with Crippen LogP contribution in [0.5, 0.6) is 5.75 Å². The number of benzene rings is 1. The van der Waals surface area contributed by atoms with Crippen LogP contribution < -0.4 is 0 Å². The maximum Gasteiger partial charge on any atom is 0.305 e. The number of phenolic OH excluding ortho intramolecular Hbond substituents is 1. The van der Waals surface area contributed by atoms with Crippen LogP contribution in [-0.2, 0) is 4.79 Å². The fraction of sp³-hybridized carbons (Fsp3) is 0.385. The summed E-state index contributed by atoms with van der Waals surface area (Å²) in [6.45, 7) is 0.513. The summed E-state index contributed by atoms with van der Waals surface area (Å²) in [6.07, 6.45) is 1.38. The minimum atomic E-state index is -0.926. The monoisotopic (exact) mass is 283 g/mol. The molecule has 2 N–H and O–H groups in total. The highest BCUT2D eigenvalue weighted by atomic mass is 35.5. The first-order valence-corrected chi connectivity index (χ1v) is 6.38. The van der Waals surface area contributed by atoms with Crippen molar-refractivity contribution in [3.05, 3.63) is 28.8 Å². The van der Waals surface area contributed by atoms with Gasteiger partial charge in [0, 0.05) is 17.6 Å². The molecule has 1 unspecified atom stereocenters. The molecule has 1 aromatic carbocycles. The Morgan fingerprint density at radius 2 is 2.16 bits per heavy atom. The van der Waals surface area contributed by atoms with Crippen molar-refractivity contribution in [1.82, 2.24) is 4.90 Å². The van der Waals surface area contributed by atoms with Crippen molar-refractivity contribution in [1.29, 1.82) is 0 Å². The third-order valence-corrected chi connectivity index (χ3v) is 3.47. The van der Waals surface area contributed by atoms with E-state index in [9.17, 15) is 14.7 Å². The van der Waals surface area contributed by atoms with Gasteiger partial charge in [0.05, 0.1) is 12.0 Å². The molecule has 0 saturated carbocycles. The molecular weight excluding hydrogens is 270 g/mol. The first-order chi connectivity index (χ1) is 8.99. The number of carboxylic acids is 1. The van der Waals surface area contributed by atoms with Crippen LogP contribution in [0.25, 0.3) is 0 Å². The number of phenols is 1. The van der Waals surface area contributed by atoms with Crippen LogP contribution in [0.15, 0.2) is 18.2 Å². The molecule has 1 aromatic rings. The average molecular weight is 284 g/mol. The number of aliphatic carboxylic acids is 1. The number of carbonyl (C=O) groups is 2. The minimum Gasteiger partial charge on any atom is -0.507 e. The van der Waals surface area contributed by atoms with E-state index in [1.165, 1.54) is 23.1 Å². The zero-order valence-electron chi connectivity index (χ0n) is 10.2. The van der Waals surface area contributed by atoms with Crippen molar-refractivity contribution in [3.8, 4) is 5.75 Å². The number of amides is 1. The van der Waals surface area contributed by atoms with Crippen molar-refractivity contribution < 1.29 is 19.8 Å². The van der Waals surface area contributed by atoms with Gasteiger partial charge in [0.2, 0.25) is 0 Å². The third-order valence-electron chi connectivity index (χ3n) is 3.24. The molecule has 1 aliphatic rings. The molecule has 1 fully saturated rings. The van der Waals surface area contributed by atoms with Crippen LogP contribution in [0.4, 0.5) is 0 Å². The molecular formula is C13H14ClNO4. The third kappa shape index (κ3) is 2.98. The molecule has 0 bridgehead atoms. The number of nitrogens with zero attached hydrogens (tertiary/aromatic N) is 1. The van der Waals surface area contributed by atoms with Gasteiger partial charge in [0.1, 0.15) is 5.75 Å². The van der Waals surface area contributed by atoms with Crippen molar-refractivity contribution in [2.75, 3.05) is 6.54 Å². The van der Waals surface area contributed by atoms with Crippen molar-refractivity contribution in [2.45, 2.75) is 25.3 Å². The van der Waals surface area contributed by atoms with E-state index in [1.54, 1.807) is 0 Å². The summed E-state index contributed by atoms with van der Waals surface area (Å²) in [5.74, 6) is -1.46. The summed E-state index contributed by atoms with van der Waals surface area (Å²) < 4.78 is 0. The molecule has 1 amide bonds. The lowest BCUT2D eigenvalue weighted by molar-refractivity contribution is -0.137. The van der Waals surface area contributed by atoms with Gasteiger partial charge < -0.3 is 15.1 Å². The number of carbonyl (C=O) groups excluding carboxylic acids is 1. The largest absolute Gasteiger partial charge is 0.507 e. The van der Waals surface area contributed by atoms with E-state index in [4.69, 9.17) is 16.7 Å². The predicted octanol–water partition coefficient (Wildman–Crippen LogP) is 2.12. The first kappa shape index (κ1) is 13.7. The van der Waals surface area contributed by atoms with Crippen LogP contribution in [0.3, 0.4) is 0 Å². The highest BCUT2D eigenvalue weighted by Crippen LogP contribution is 2.27. The van der Waals surface area contributed by atoms with Crippen LogP contribution >= 0.6 is 11.6 Å². The fourth-order valence-corrected chi connectivity index (χ4v) is 2.52. The number of carboxylic acid groups (broad SMARTS) is 1. The van der Waals surface area contributed by atoms with E-state index < -0.39 is 5.97 Å². The number of halogens is 1. The van der Waals surface area contributed by atoms with Crippen LogP contribution in [0, 0.1) is 0 Å². The summed E-state index contributed by atoms with van der Waals surface area (Å²) in [5, 5.41) is 18.9. The Kier molecular flexibility index (Phi) is 3.95. The second-order valence-electron chi connectivity index (χ2n) is 4.55. The van der Waals surface area contributed by atoms with Gasteiger partial charge in [-0.3, -0.25) is 9.59 Å². The van der Waals surface area contributed by atoms with E-state index in [1.807, 2.05) is 0 Å². The number of hydrogen-bond donors (Lipinski definition) is 2. The smallest absolute Gasteiger partial charge is 0.305 e. The van der Waals surface area contributed by atoms with E-state index in [2.05, 4.69) is 0 Å². The fourth-order valence-electron chi connectivity index (χ4n) is 2.36. The van der Waals surface area contributed by atoms with E-state index in [0.29, 0.717) is 18.0 Å². The second kappa shape index (κ2) is 5.48. The number of aromatic hydroxyl groups is 1. The second-order valence-corrected chi connectivity index (χ2v) is 4.99. The Labute approximate surface area is 115 Å². The molecule has 6 heteroatoms. The Morgan fingerprint density at radius 1 is 1.42 bits per heavy atom. The Morgan fingerprint density at radius 3 is 2.79 bits per heavy atom. The molecule has 0 spiro atoms. The topological polar surface area (TPSA) is 77.8 Å². The van der Waals surface area contributed by atoms with Gasteiger partial charge in [-0.1, -0.05) is 11.6 Å². The van der Waals surface area contributed by atoms with Crippen LogP contribution in [-0.4, -0.2) is 39.6 Å². The highest BCUT2D eigenvalue weighted by molar-refractivity contribution is 6.30. The average Bonchev–Trinajstić information content (AvgIpc) is 2.75. The zero-order chi connectivity index (χ0) is 14.0. The van der Waals surface area contributed by atoms with Crippen molar-refractivity contribution in [2.24, 2.45) is 0 Å². The number of likely N-dealkylation sites (tertiary alicyclic amines) is 1. The van der Waals surface area contributed by atoms with Crippen LogP contribution in [0.1, 0.15) is 29.6 Å². The lowest BCUT2D eigenvalue weighted by Crippen LogP contribution is -2.36. The van der Waals surface area contributed by atoms with E-state index >= 15 is 0 Å². The maximum atomic E-state index is 12.3. The summed E-state index contributed by atoms with van der Waals surface area (Å²) in [6, 6.07) is 3.98. The highest BCUT2D eigenvalue weighted by Gasteiger charge is 2.31.